The highest BCUT2D eigenvalue weighted by Crippen LogP contribution is 2.38. The Balaban J connectivity index is 1.65. The zero-order chi connectivity index (χ0) is 12.5. The number of hydrogen-bond donors (Lipinski definition) is 2. The molecule has 0 spiro atoms. The van der Waals surface area contributed by atoms with Crippen molar-refractivity contribution >= 4 is 23.4 Å². The molecule has 2 aromatic rings. The Labute approximate surface area is 108 Å². The number of nitrogen functional groups attached to an aromatic ring is 1. The van der Waals surface area contributed by atoms with E-state index in [9.17, 15) is 0 Å². The molecule has 1 aliphatic rings. The summed E-state index contributed by atoms with van der Waals surface area (Å²) >= 11 is 5.76. The number of anilines is 2. The molecule has 7 nitrogen and oxygen atoms in total. The zero-order valence-electron chi connectivity index (χ0n) is 9.43. The predicted molar refractivity (Wildman–Crippen MR) is 65.1 cm³/mol. The molecule has 0 aromatic carbocycles. The number of rotatable bonds is 4. The minimum absolute atomic E-state index is 0.120. The molecule has 0 atom stereocenters. The topological polar surface area (TPSA) is 103 Å². The summed E-state index contributed by atoms with van der Waals surface area (Å²) in [6.45, 7) is 0.381. The summed E-state index contributed by atoms with van der Waals surface area (Å²) in [5, 5.41) is 11.2. The van der Waals surface area contributed by atoms with Crippen LogP contribution in [0.2, 0.25) is 5.15 Å². The van der Waals surface area contributed by atoms with E-state index >= 15 is 0 Å². The summed E-state index contributed by atoms with van der Waals surface area (Å²) < 4.78 is 5.50. The normalized spacial score (nSPS) is 14.7. The lowest BCUT2D eigenvalue weighted by molar-refractivity contribution is 0.457. The monoisotopic (exact) mass is 266 g/mol. The summed E-state index contributed by atoms with van der Waals surface area (Å²) in [6.07, 6.45) is 2.26. The highest BCUT2D eigenvalue weighted by molar-refractivity contribution is 6.29. The van der Waals surface area contributed by atoms with Gasteiger partial charge in [-0.15, -0.1) is 10.2 Å². The Morgan fingerprint density at radius 2 is 2.22 bits per heavy atom. The highest BCUT2D eigenvalue weighted by atomic mass is 35.5. The fourth-order valence-corrected chi connectivity index (χ4v) is 1.72. The zero-order valence-corrected chi connectivity index (χ0v) is 10.2. The predicted octanol–water partition coefficient (Wildman–Crippen LogP) is 1.58. The van der Waals surface area contributed by atoms with E-state index in [1.807, 2.05) is 0 Å². The van der Waals surface area contributed by atoms with Crippen LogP contribution in [-0.4, -0.2) is 20.2 Å². The Bertz CT molecular complexity index is 547. The molecule has 0 amide bonds. The van der Waals surface area contributed by atoms with Gasteiger partial charge < -0.3 is 15.5 Å². The molecule has 3 rings (SSSR count). The minimum Gasteiger partial charge on any atom is -0.423 e. The van der Waals surface area contributed by atoms with E-state index in [0.717, 1.165) is 12.8 Å². The number of nitrogens with zero attached hydrogens (tertiary/aromatic N) is 4. The molecule has 8 heteroatoms. The van der Waals surface area contributed by atoms with Crippen molar-refractivity contribution in [3.05, 3.63) is 23.0 Å². The number of nitrogens with two attached hydrogens (primary N) is 1. The van der Waals surface area contributed by atoms with Crippen LogP contribution in [0.1, 0.15) is 30.5 Å². The Morgan fingerprint density at radius 1 is 1.39 bits per heavy atom. The van der Waals surface area contributed by atoms with Gasteiger partial charge in [-0.25, -0.2) is 4.98 Å². The Kier molecular flexibility index (Phi) is 2.75. The van der Waals surface area contributed by atoms with E-state index in [1.54, 1.807) is 6.07 Å². The molecule has 2 heterocycles. The molecular formula is C10H11ClN6O. The SMILES string of the molecule is Nc1nc(Cl)cc(NCc2nnc(C3CC3)o2)n1. The number of hydrogen-bond acceptors (Lipinski definition) is 7. The van der Waals surface area contributed by atoms with Crippen molar-refractivity contribution in [3.8, 4) is 0 Å². The maximum absolute atomic E-state index is 5.76. The summed E-state index contributed by atoms with van der Waals surface area (Å²) in [6, 6.07) is 1.58. The third kappa shape index (κ3) is 2.51. The van der Waals surface area contributed by atoms with Crippen LogP contribution in [-0.2, 0) is 6.54 Å². The van der Waals surface area contributed by atoms with E-state index in [1.165, 1.54) is 0 Å². The fraction of sp³-hybridized carbons (Fsp3) is 0.400. The second kappa shape index (κ2) is 4.41. The summed E-state index contributed by atoms with van der Waals surface area (Å²) in [4.78, 5) is 7.75. The van der Waals surface area contributed by atoms with Gasteiger partial charge in [0.05, 0.1) is 6.54 Å². The second-order valence-corrected chi connectivity index (χ2v) is 4.48. The third-order valence-electron chi connectivity index (χ3n) is 2.54. The highest BCUT2D eigenvalue weighted by Gasteiger charge is 2.29. The van der Waals surface area contributed by atoms with E-state index < -0.39 is 0 Å². The van der Waals surface area contributed by atoms with Gasteiger partial charge in [-0.1, -0.05) is 11.6 Å². The maximum Gasteiger partial charge on any atom is 0.235 e. The lowest BCUT2D eigenvalue weighted by Gasteiger charge is -2.03. The van der Waals surface area contributed by atoms with Gasteiger partial charge >= 0.3 is 0 Å². The number of halogens is 1. The Morgan fingerprint density at radius 3 is 2.94 bits per heavy atom. The second-order valence-electron chi connectivity index (χ2n) is 4.10. The average Bonchev–Trinajstić information content (AvgIpc) is 3.05. The summed E-state index contributed by atoms with van der Waals surface area (Å²) in [5.74, 6) is 2.33. The summed E-state index contributed by atoms with van der Waals surface area (Å²) in [7, 11) is 0. The molecule has 0 radical (unpaired) electrons. The van der Waals surface area contributed by atoms with Crippen LogP contribution < -0.4 is 11.1 Å². The van der Waals surface area contributed by atoms with Crippen LogP contribution in [0.4, 0.5) is 11.8 Å². The number of nitrogens with one attached hydrogen (secondary N) is 1. The molecule has 1 saturated carbocycles. The van der Waals surface area contributed by atoms with Crippen molar-refractivity contribution in [1.29, 1.82) is 0 Å². The molecule has 3 N–H and O–H groups in total. The van der Waals surface area contributed by atoms with Gasteiger partial charge in [0, 0.05) is 12.0 Å². The van der Waals surface area contributed by atoms with E-state index in [2.05, 4.69) is 25.5 Å². The molecular weight excluding hydrogens is 256 g/mol. The molecule has 2 aromatic heterocycles. The van der Waals surface area contributed by atoms with Crippen LogP contribution in [0.15, 0.2) is 10.5 Å². The lowest BCUT2D eigenvalue weighted by atomic mass is 10.4. The maximum atomic E-state index is 5.76. The summed E-state index contributed by atoms with van der Waals surface area (Å²) in [5.41, 5.74) is 5.48. The fourth-order valence-electron chi connectivity index (χ4n) is 1.53. The van der Waals surface area contributed by atoms with Gasteiger partial charge in [-0.3, -0.25) is 0 Å². The van der Waals surface area contributed by atoms with Crippen LogP contribution in [0.5, 0.6) is 0 Å². The van der Waals surface area contributed by atoms with Crippen molar-refractivity contribution in [2.45, 2.75) is 25.3 Å². The standard InChI is InChI=1S/C10H11ClN6O/c11-6-3-7(15-10(12)14-6)13-4-8-16-17-9(18-8)5-1-2-5/h3,5H,1-2,4H2,(H3,12,13,14,15). The first-order valence-electron chi connectivity index (χ1n) is 5.57. The van der Waals surface area contributed by atoms with E-state index in [0.29, 0.717) is 30.1 Å². The van der Waals surface area contributed by atoms with E-state index in [4.69, 9.17) is 21.8 Å². The van der Waals surface area contributed by atoms with Crippen molar-refractivity contribution in [1.82, 2.24) is 20.2 Å². The van der Waals surface area contributed by atoms with E-state index in [-0.39, 0.29) is 11.1 Å². The Hall–Kier alpha value is -1.89. The van der Waals surface area contributed by atoms with Crippen molar-refractivity contribution < 1.29 is 4.42 Å². The van der Waals surface area contributed by atoms with Crippen LogP contribution >= 0.6 is 11.6 Å². The molecule has 0 bridgehead atoms. The van der Waals surface area contributed by atoms with Crippen LogP contribution in [0.3, 0.4) is 0 Å². The van der Waals surface area contributed by atoms with Crippen molar-refractivity contribution in [2.75, 3.05) is 11.1 Å². The van der Waals surface area contributed by atoms with Crippen LogP contribution in [0.25, 0.3) is 0 Å². The quantitative estimate of drug-likeness (QED) is 0.810. The first-order valence-corrected chi connectivity index (χ1v) is 5.95. The number of aromatic nitrogens is 4. The van der Waals surface area contributed by atoms with Gasteiger partial charge in [-0.05, 0) is 12.8 Å². The first kappa shape index (κ1) is 11.2. The molecule has 0 saturated heterocycles. The molecule has 0 unspecified atom stereocenters. The largest absolute Gasteiger partial charge is 0.423 e. The molecule has 1 fully saturated rings. The van der Waals surface area contributed by atoms with Gasteiger partial charge in [0.25, 0.3) is 0 Å². The van der Waals surface area contributed by atoms with Crippen molar-refractivity contribution in [2.24, 2.45) is 0 Å². The van der Waals surface area contributed by atoms with Gasteiger partial charge in [0.15, 0.2) is 0 Å². The molecule has 94 valence electrons. The first-order chi connectivity index (χ1) is 8.70. The lowest BCUT2D eigenvalue weighted by Crippen LogP contribution is -2.04. The van der Waals surface area contributed by atoms with Crippen LogP contribution in [0, 0.1) is 0 Å². The average molecular weight is 267 g/mol. The minimum atomic E-state index is 0.120. The molecule has 0 aliphatic heterocycles. The van der Waals surface area contributed by atoms with Gasteiger partial charge in [-0.2, -0.15) is 4.98 Å². The third-order valence-corrected chi connectivity index (χ3v) is 2.74. The smallest absolute Gasteiger partial charge is 0.235 e. The molecule has 1 aliphatic carbocycles. The van der Waals surface area contributed by atoms with Crippen molar-refractivity contribution in [3.63, 3.8) is 0 Å². The molecule has 18 heavy (non-hydrogen) atoms. The van der Waals surface area contributed by atoms with Gasteiger partial charge in [0.2, 0.25) is 17.7 Å². The van der Waals surface area contributed by atoms with Gasteiger partial charge in [0.1, 0.15) is 11.0 Å².